The summed E-state index contributed by atoms with van der Waals surface area (Å²) in [6, 6.07) is 7.01. The fourth-order valence-corrected chi connectivity index (χ4v) is 3.01. The van der Waals surface area contributed by atoms with E-state index in [-0.39, 0.29) is 0 Å². The maximum Gasteiger partial charge on any atom is 0.211 e. The highest BCUT2D eigenvalue weighted by atomic mass is 32.2. The van der Waals surface area contributed by atoms with Crippen molar-refractivity contribution < 1.29 is 9.00 Å². The van der Waals surface area contributed by atoms with Crippen molar-refractivity contribution in [1.82, 2.24) is 9.55 Å². The summed E-state index contributed by atoms with van der Waals surface area (Å²) in [5.41, 5.74) is 1.66. The van der Waals surface area contributed by atoms with E-state index in [1.54, 1.807) is 36.8 Å². The number of amides is 1. The molecule has 0 aliphatic carbocycles. The van der Waals surface area contributed by atoms with Gasteiger partial charge in [0.25, 0.3) is 0 Å². The van der Waals surface area contributed by atoms with E-state index >= 15 is 0 Å². The number of carbonyl (C=O) groups is 1. The largest absolute Gasteiger partial charge is 0.334 e. The summed E-state index contributed by atoms with van der Waals surface area (Å²) in [6.45, 7) is 2.98. The van der Waals surface area contributed by atoms with E-state index in [1.165, 1.54) is 0 Å². The summed E-state index contributed by atoms with van der Waals surface area (Å²) in [7, 11) is -1.12. The van der Waals surface area contributed by atoms with E-state index in [4.69, 9.17) is 0 Å². The van der Waals surface area contributed by atoms with Crippen LogP contribution in [0.3, 0.4) is 0 Å². The first-order valence-electron chi connectivity index (χ1n) is 6.42. The van der Waals surface area contributed by atoms with E-state index in [1.807, 2.05) is 4.57 Å². The van der Waals surface area contributed by atoms with Crippen molar-refractivity contribution in [1.29, 1.82) is 0 Å². The molecule has 0 aliphatic heterocycles. The summed E-state index contributed by atoms with van der Waals surface area (Å²) in [5, 5.41) is 2.55. The Morgan fingerprint density at radius 1 is 1.35 bits per heavy atom. The van der Waals surface area contributed by atoms with Crippen LogP contribution < -0.4 is 5.32 Å². The van der Waals surface area contributed by atoms with Gasteiger partial charge in [-0.05, 0) is 30.7 Å². The number of nitrogens with zero attached hydrogens (tertiary/aromatic N) is 2. The number of imidazole rings is 1. The van der Waals surface area contributed by atoms with Crippen molar-refractivity contribution >= 4 is 22.9 Å². The lowest BCUT2D eigenvalue weighted by Crippen LogP contribution is -2.05. The van der Waals surface area contributed by atoms with Gasteiger partial charge in [-0.1, -0.05) is 6.92 Å². The third-order valence-corrected chi connectivity index (χ3v) is 4.24. The molecular formula is C14H17N3O2S. The van der Waals surface area contributed by atoms with Crippen molar-refractivity contribution in [3.63, 3.8) is 0 Å². The van der Waals surface area contributed by atoms with E-state index in [9.17, 15) is 9.00 Å². The van der Waals surface area contributed by atoms with Crippen LogP contribution in [0.15, 0.2) is 41.7 Å². The normalized spacial score (nSPS) is 12.1. The van der Waals surface area contributed by atoms with Gasteiger partial charge in [-0.25, -0.2) is 4.98 Å². The molecule has 0 saturated heterocycles. The average molecular weight is 291 g/mol. The molecule has 1 heterocycles. The number of hydrogen-bond acceptors (Lipinski definition) is 3. The fourth-order valence-electron chi connectivity index (χ4n) is 1.90. The Labute approximate surface area is 120 Å². The number of benzene rings is 1. The highest BCUT2D eigenvalue weighted by Crippen LogP contribution is 2.15. The van der Waals surface area contributed by atoms with Crippen LogP contribution in [0.5, 0.6) is 0 Å². The molecule has 5 nitrogen and oxygen atoms in total. The van der Waals surface area contributed by atoms with Crippen LogP contribution in [0.25, 0.3) is 0 Å². The molecule has 0 bridgehead atoms. The minimum Gasteiger partial charge on any atom is -0.334 e. The van der Waals surface area contributed by atoms with E-state index in [0.29, 0.717) is 17.9 Å². The average Bonchev–Trinajstić information content (AvgIpc) is 2.88. The van der Waals surface area contributed by atoms with Crippen LogP contribution in [-0.2, 0) is 27.9 Å². The second-order valence-electron chi connectivity index (χ2n) is 4.35. The lowest BCUT2D eigenvalue weighted by atomic mass is 10.3. The van der Waals surface area contributed by atoms with Crippen LogP contribution in [0, 0.1) is 0 Å². The van der Waals surface area contributed by atoms with Gasteiger partial charge < -0.3 is 9.88 Å². The molecule has 0 radical (unpaired) electrons. The zero-order chi connectivity index (χ0) is 14.4. The van der Waals surface area contributed by atoms with Gasteiger partial charge in [0.05, 0.1) is 28.6 Å². The Hall–Kier alpha value is -1.95. The van der Waals surface area contributed by atoms with Crippen molar-refractivity contribution in [2.45, 2.75) is 30.5 Å². The molecule has 0 fully saturated rings. The number of anilines is 1. The van der Waals surface area contributed by atoms with Crippen LogP contribution in [0.1, 0.15) is 19.0 Å². The first-order valence-corrected chi connectivity index (χ1v) is 7.74. The van der Waals surface area contributed by atoms with Crippen molar-refractivity contribution in [3.05, 3.63) is 42.5 Å². The standard InChI is InChI=1S/C14H17N3O2S/c1-2-7-17-10-15-8-13(17)9-20(19)14-5-3-12(4-6-14)16-11-18/h3-6,8,10-11H,2,7,9H2,1H3,(H,16,18). The Morgan fingerprint density at radius 3 is 2.75 bits per heavy atom. The molecule has 20 heavy (non-hydrogen) atoms. The summed E-state index contributed by atoms with van der Waals surface area (Å²) >= 11 is 0. The minimum atomic E-state index is -1.12. The van der Waals surface area contributed by atoms with Crippen LogP contribution in [0.4, 0.5) is 5.69 Å². The number of hydrogen-bond donors (Lipinski definition) is 1. The topological polar surface area (TPSA) is 64.0 Å². The smallest absolute Gasteiger partial charge is 0.211 e. The number of nitrogens with one attached hydrogen (secondary N) is 1. The fraction of sp³-hybridized carbons (Fsp3) is 0.286. The maximum atomic E-state index is 12.3. The second-order valence-corrected chi connectivity index (χ2v) is 5.81. The zero-order valence-electron chi connectivity index (χ0n) is 11.3. The third-order valence-electron chi connectivity index (χ3n) is 2.88. The first-order chi connectivity index (χ1) is 9.74. The summed E-state index contributed by atoms with van der Waals surface area (Å²) < 4.78 is 14.3. The van der Waals surface area contributed by atoms with Gasteiger partial charge in [-0.2, -0.15) is 0 Å². The van der Waals surface area contributed by atoms with Crippen molar-refractivity contribution in [2.75, 3.05) is 5.32 Å². The van der Waals surface area contributed by atoms with Crippen LogP contribution in [0.2, 0.25) is 0 Å². The molecule has 0 spiro atoms. The summed E-state index contributed by atoms with van der Waals surface area (Å²) in [6.07, 6.45) is 5.17. The molecule has 0 aliphatic rings. The predicted molar refractivity (Wildman–Crippen MR) is 78.8 cm³/mol. The Balaban J connectivity index is 2.07. The highest BCUT2D eigenvalue weighted by Gasteiger charge is 2.09. The minimum absolute atomic E-state index is 0.445. The van der Waals surface area contributed by atoms with E-state index in [2.05, 4.69) is 17.2 Å². The quantitative estimate of drug-likeness (QED) is 0.795. The first kappa shape index (κ1) is 14.5. The van der Waals surface area contributed by atoms with Crippen molar-refractivity contribution in [3.8, 4) is 0 Å². The molecule has 1 atom stereocenters. The van der Waals surface area contributed by atoms with Gasteiger partial charge in [0, 0.05) is 23.3 Å². The van der Waals surface area contributed by atoms with Crippen molar-refractivity contribution in [2.24, 2.45) is 0 Å². The van der Waals surface area contributed by atoms with Gasteiger partial charge in [0.1, 0.15) is 0 Å². The molecule has 1 amide bonds. The van der Waals surface area contributed by atoms with Crippen LogP contribution in [-0.4, -0.2) is 20.2 Å². The molecule has 6 heteroatoms. The van der Waals surface area contributed by atoms with Gasteiger partial charge >= 0.3 is 0 Å². The molecule has 1 aromatic carbocycles. The van der Waals surface area contributed by atoms with Crippen LogP contribution >= 0.6 is 0 Å². The van der Waals surface area contributed by atoms with Gasteiger partial charge in [-0.3, -0.25) is 9.00 Å². The van der Waals surface area contributed by atoms with E-state index in [0.717, 1.165) is 23.6 Å². The van der Waals surface area contributed by atoms with Gasteiger partial charge in [0.2, 0.25) is 6.41 Å². The number of aromatic nitrogens is 2. The lowest BCUT2D eigenvalue weighted by molar-refractivity contribution is -0.105. The third kappa shape index (κ3) is 3.54. The molecule has 2 aromatic rings. The molecule has 106 valence electrons. The van der Waals surface area contributed by atoms with Gasteiger partial charge in [-0.15, -0.1) is 0 Å². The number of aryl methyl sites for hydroxylation is 1. The Bertz CT molecular complexity index is 593. The highest BCUT2D eigenvalue weighted by molar-refractivity contribution is 7.84. The lowest BCUT2D eigenvalue weighted by Gasteiger charge is -2.07. The number of rotatable bonds is 7. The predicted octanol–water partition coefficient (Wildman–Crippen LogP) is 2.17. The van der Waals surface area contributed by atoms with Gasteiger partial charge in [0.15, 0.2) is 0 Å². The monoisotopic (exact) mass is 291 g/mol. The van der Waals surface area contributed by atoms with E-state index < -0.39 is 10.8 Å². The second kappa shape index (κ2) is 7.00. The Morgan fingerprint density at radius 2 is 2.10 bits per heavy atom. The Kier molecular flexibility index (Phi) is 5.06. The summed E-state index contributed by atoms with van der Waals surface area (Å²) in [4.78, 5) is 15.2. The summed E-state index contributed by atoms with van der Waals surface area (Å²) in [5.74, 6) is 0.445. The number of carbonyl (C=O) groups excluding carboxylic acids is 1. The molecule has 1 unspecified atom stereocenters. The maximum absolute atomic E-state index is 12.3. The molecule has 2 rings (SSSR count). The molecule has 1 aromatic heterocycles. The molecule has 0 saturated carbocycles. The molecular weight excluding hydrogens is 274 g/mol. The zero-order valence-corrected chi connectivity index (χ0v) is 12.1. The molecule has 1 N–H and O–H groups in total. The SMILES string of the molecule is CCCn1cncc1CS(=O)c1ccc(NC=O)cc1.